The van der Waals surface area contributed by atoms with Crippen molar-refractivity contribution in [2.75, 3.05) is 13.1 Å². The number of hydrogen-bond acceptors (Lipinski definition) is 4. The molecule has 2 aliphatic rings. The van der Waals surface area contributed by atoms with Crippen LogP contribution in [0.1, 0.15) is 37.7 Å². The Kier molecular flexibility index (Phi) is 6.39. The normalized spacial score (nSPS) is 22.1. The van der Waals surface area contributed by atoms with Crippen LogP contribution in [0.4, 0.5) is 13.2 Å². The van der Waals surface area contributed by atoms with Gasteiger partial charge in [0.25, 0.3) is 0 Å². The van der Waals surface area contributed by atoms with Crippen molar-refractivity contribution in [1.82, 2.24) is 10.2 Å². The van der Waals surface area contributed by atoms with Gasteiger partial charge in [0.05, 0.1) is 0 Å². The Morgan fingerprint density at radius 1 is 1.22 bits per heavy atom. The van der Waals surface area contributed by atoms with E-state index in [4.69, 9.17) is 5.73 Å². The number of benzene rings is 1. The summed E-state index contributed by atoms with van der Waals surface area (Å²) in [7, 11) is 0. The average Bonchev–Trinajstić information content (AvgIpc) is 3.35. The second-order valence-corrected chi connectivity index (χ2v) is 7.60. The van der Waals surface area contributed by atoms with E-state index in [2.05, 4.69) is 5.32 Å². The summed E-state index contributed by atoms with van der Waals surface area (Å²) in [4.78, 5) is 14.3. The van der Waals surface area contributed by atoms with Gasteiger partial charge in [-0.05, 0) is 49.7 Å². The van der Waals surface area contributed by atoms with Gasteiger partial charge >= 0.3 is 0 Å². The molecule has 1 amide bonds. The van der Waals surface area contributed by atoms with Crippen LogP contribution in [0.25, 0.3) is 0 Å². The highest BCUT2D eigenvalue weighted by atomic mass is 19.2. The molecule has 8 heteroatoms. The smallest absolute Gasteiger partial charge is 0.224 e. The summed E-state index contributed by atoms with van der Waals surface area (Å²) in [6, 6.07) is 0.588. The molecule has 1 saturated heterocycles. The summed E-state index contributed by atoms with van der Waals surface area (Å²) >= 11 is 0. The number of carbonyl (C=O) groups is 1. The number of likely N-dealkylation sites (tertiary alicyclic amines) is 1. The average molecular weight is 385 g/mol. The van der Waals surface area contributed by atoms with E-state index in [0.717, 1.165) is 31.7 Å². The monoisotopic (exact) mass is 385 g/mol. The summed E-state index contributed by atoms with van der Waals surface area (Å²) < 4.78 is 40.0. The predicted octanol–water partition coefficient (Wildman–Crippen LogP) is 1.67. The van der Waals surface area contributed by atoms with Crippen molar-refractivity contribution < 1.29 is 23.1 Å². The van der Waals surface area contributed by atoms with Gasteiger partial charge in [-0.3, -0.25) is 10.1 Å². The Labute approximate surface area is 156 Å². The van der Waals surface area contributed by atoms with Crippen molar-refractivity contribution in [2.24, 2.45) is 11.7 Å². The minimum atomic E-state index is -1.25. The van der Waals surface area contributed by atoms with Crippen LogP contribution in [0.3, 0.4) is 0 Å². The second kappa shape index (κ2) is 8.58. The molecule has 0 aromatic heterocycles. The van der Waals surface area contributed by atoms with Crippen molar-refractivity contribution in [3.05, 3.63) is 35.1 Å². The van der Waals surface area contributed by atoms with Crippen LogP contribution >= 0.6 is 0 Å². The minimum absolute atomic E-state index is 0.000113. The van der Waals surface area contributed by atoms with E-state index in [1.807, 2.05) is 0 Å². The Hall–Kier alpha value is -1.64. The van der Waals surface area contributed by atoms with Gasteiger partial charge in [0.15, 0.2) is 11.6 Å². The highest BCUT2D eigenvalue weighted by molar-refractivity contribution is 5.77. The van der Waals surface area contributed by atoms with Gasteiger partial charge < -0.3 is 15.7 Å². The highest BCUT2D eigenvalue weighted by Crippen LogP contribution is 2.31. The fourth-order valence-electron chi connectivity index (χ4n) is 3.63. The van der Waals surface area contributed by atoms with Gasteiger partial charge in [0.1, 0.15) is 12.0 Å². The molecule has 27 heavy (non-hydrogen) atoms. The molecule has 1 saturated carbocycles. The number of halogens is 3. The maximum absolute atomic E-state index is 13.7. The maximum Gasteiger partial charge on any atom is 0.224 e. The SMILES string of the molecule is N[C@@H](CC(=O)N1CCC[C@H]1CNC(O)C1CC1)Cc1cc(F)c(F)cc1F. The first kappa shape index (κ1) is 20.1. The van der Waals surface area contributed by atoms with Gasteiger partial charge in [-0.25, -0.2) is 13.2 Å². The lowest BCUT2D eigenvalue weighted by molar-refractivity contribution is -0.132. The van der Waals surface area contributed by atoms with Crippen molar-refractivity contribution in [2.45, 2.75) is 56.8 Å². The van der Waals surface area contributed by atoms with Gasteiger partial charge in [0.2, 0.25) is 5.91 Å². The Morgan fingerprint density at radius 2 is 1.93 bits per heavy atom. The molecular formula is C19H26F3N3O2. The van der Waals surface area contributed by atoms with Gasteiger partial charge in [-0.2, -0.15) is 0 Å². The van der Waals surface area contributed by atoms with E-state index in [9.17, 15) is 23.1 Å². The van der Waals surface area contributed by atoms with Gasteiger partial charge in [-0.1, -0.05) is 0 Å². The van der Waals surface area contributed by atoms with Crippen LogP contribution in [0.15, 0.2) is 12.1 Å². The number of aliphatic hydroxyl groups excluding tert-OH is 1. The van der Waals surface area contributed by atoms with Crippen LogP contribution in [0, 0.1) is 23.4 Å². The summed E-state index contributed by atoms with van der Waals surface area (Å²) in [5, 5.41) is 13.0. The molecule has 3 atom stereocenters. The molecule has 1 aliphatic heterocycles. The molecule has 2 fully saturated rings. The fraction of sp³-hybridized carbons (Fsp3) is 0.632. The largest absolute Gasteiger partial charge is 0.378 e. The standard InChI is InChI=1S/C19H26F3N3O2/c20-15-9-17(22)16(21)7-12(15)6-13(23)8-18(26)25-5-1-2-14(25)10-24-19(27)11-3-4-11/h7,9,11,13-14,19,24,27H,1-6,8,10,23H2/t13-,14+,19?/m1/s1. The van der Waals surface area contributed by atoms with Gasteiger partial charge in [0, 0.05) is 37.7 Å². The lowest BCUT2D eigenvalue weighted by Crippen LogP contribution is -2.46. The van der Waals surface area contributed by atoms with Crippen LogP contribution < -0.4 is 11.1 Å². The number of nitrogens with two attached hydrogens (primary N) is 1. The number of amides is 1. The molecule has 1 aromatic rings. The topological polar surface area (TPSA) is 78.6 Å². The molecule has 0 bridgehead atoms. The summed E-state index contributed by atoms with van der Waals surface area (Å²) in [6.45, 7) is 1.15. The Balaban J connectivity index is 1.51. The lowest BCUT2D eigenvalue weighted by atomic mass is 10.0. The fourth-order valence-corrected chi connectivity index (χ4v) is 3.63. The van der Waals surface area contributed by atoms with E-state index >= 15 is 0 Å². The first-order chi connectivity index (χ1) is 12.8. The quantitative estimate of drug-likeness (QED) is 0.470. The van der Waals surface area contributed by atoms with Crippen molar-refractivity contribution in [1.29, 1.82) is 0 Å². The number of carbonyl (C=O) groups excluding carboxylic acids is 1. The van der Waals surface area contributed by atoms with E-state index in [1.165, 1.54) is 0 Å². The molecular weight excluding hydrogens is 359 g/mol. The maximum atomic E-state index is 13.7. The third-order valence-corrected chi connectivity index (χ3v) is 5.34. The molecule has 1 unspecified atom stereocenters. The molecule has 3 rings (SSSR count). The lowest BCUT2D eigenvalue weighted by Gasteiger charge is -2.27. The highest BCUT2D eigenvalue weighted by Gasteiger charge is 2.33. The molecule has 1 aliphatic carbocycles. The molecule has 0 spiro atoms. The van der Waals surface area contributed by atoms with E-state index in [-0.39, 0.29) is 30.4 Å². The number of aliphatic hydroxyl groups is 1. The molecule has 1 heterocycles. The zero-order valence-corrected chi connectivity index (χ0v) is 15.1. The van der Waals surface area contributed by atoms with E-state index in [0.29, 0.717) is 25.1 Å². The van der Waals surface area contributed by atoms with Crippen LogP contribution in [0.5, 0.6) is 0 Å². The van der Waals surface area contributed by atoms with Crippen LogP contribution in [0.2, 0.25) is 0 Å². The van der Waals surface area contributed by atoms with Crippen LogP contribution in [-0.4, -0.2) is 47.3 Å². The summed E-state index contributed by atoms with van der Waals surface area (Å²) in [6.07, 6.45) is 3.20. The summed E-state index contributed by atoms with van der Waals surface area (Å²) in [5.41, 5.74) is 5.92. The molecule has 5 nitrogen and oxygen atoms in total. The Morgan fingerprint density at radius 3 is 2.63 bits per heavy atom. The third-order valence-electron chi connectivity index (χ3n) is 5.34. The molecule has 4 N–H and O–H groups in total. The number of hydrogen-bond donors (Lipinski definition) is 3. The first-order valence-corrected chi connectivity index (χ1v) is 9.45. The van der Waals surface area contributed by atoms with E-state index < -0.39 is 29.7 Å². The predicted molar refractivity (Wildman–Crippen MR) is 94.1 cm³/mol. The van der Waals surface area contributed by atoms with Crippen molar-refractivity contribution in [3.8, 4) is 0 Å². The van der Waals surface area contributed by atoms with Crippen molar-refractivity contribution >= 4 is 5.91 Å². The Bertz CT molecular complexity index is 684. The second-order valence-electron chi connectivity index (χ2n) is 7.60. The molecule has 1 aromatic carbocycles. The first-order valence-electron chi connectivity index (χ1n) is 9.45. The van der Waals surface area contributed by atoms with Gasteiger partial charge in [-0.15, -0.1) is 0 Å². The van der Waals surface area contributed by atoms with Crippen LogP contribution in [-0.2, 0) is 11.2 Å². The number of nitrogens with zero attached hydrogens (tertiary/aromatic N) is 1. The molecule has 150 valence electrons. The summed E-state index contributed by atoms with van der Waals surface area (Å²) in [5.74, 6) is -3.08. The van der Waals surface area contributed by atoms with Crippen molar-refractivity contribution in [3.63, 3.8) is 0 Å². The number of rotatable bonds is 8. The minimum Gasteiger partial charge on any atom is -0.378 e. The molecule has 0 radical (unpaired) electrons. The zero-order chi connectivity index (χ0) is 19.6. The third kappa shape index (κ3) is 5.21. The zero-order valence-electron chi connectivity index (χ0n) is 15.1. The van der Waals surface area contributed by atoms with E-state index in [1.54, 1.807) is 4.90 Å². The number of nitrogens with one attached hydrogen (secondary N) is 1.